The molecular formula is C22H16F3N5O3. The van der Waals surface area contributed by atoms with E-state index in [0.29, 0.717) is 22.7 Å². The van der Waals surface area contributed by atoms with Crippen LogP contribution in [0.3, 0.4) is 0 Å². The fourth-order valence-electron chi connectivity index (χ4n) is 2.95. The van der Waals surface area contributed by atoms with E-state index in [1.54, 1.807) is 30.3 Å². The molecule has 0 atom stereocenters. The quantitative estimate of drug-likeness (QED) is 0.414. The lowest BCUT2D eigenvalue weighted by molar-refractivity contribution is -0.137. The molecule has 0 aliphatic carbocycles. The smallest absolute Gasteiger partial charge is 0.416 e. The molecule has 0 saturated heterocycles. The molecule has 2 heterocycles. The maximum Gasteiger partial charge on any atom is 0.416 e. The van der Waals surface area contributed by atoms with E-state index < -0.39 is 17.6 Å². The number of ether oxygens (including phenoxy) is 1. The molecule has 4 aromatic rings. The van der Waals surface area contributed by atoms with Gasteiger partial charge in [0.2, 0.25) is 0 Å². The van der Waals surface area contributed by atoms with Crippen LogP contribution in [0.5, 0.6) is 11.5 Å². The fraction of sp³-hybridized carbons (Fsp3) is 0.0909. The third-order valence-electron chi connectivity index (χ3n) is 4.56. The Hall–Kier alpha value is -4.41. The Labute approximate surface area is 184 Å². The second-order valence-electron chi connectivity index (χ2n) is 6.85. The Morgan fingerprint density at radius 1 is 0.970 bits per heavy atom. The van der Waals surface area contributed by atoms with Gasteiger partial charge >= 0.3 is 6.18 Å². The normalized spacial score (nSPS) is 11.3. The number of amides is 2. The number of hydrogen-bond donors (Lipinski definition) is 3. The maximum absolute atomic E-state index is 12.9. The number of pyridine rings is 1. The highest BCUT2D eigenvalue weighted by molar-refractivity contribution is 6.03. The van der Waals surface area contributed by atoms with Crippen molar-refractivity contribution in [3.8, 4) is 11.5 Å². The van der Waals surface area contributed by atoms with Gasteiger partial charge in [0.1, 0.15) is 17.2 Å². The van der Waals surface area contributed by atoms with E-state index in [1.807, 2.05) is 0 Å². The first-order valence-corrected chi connectivity index (χ1v) is 9.57. The van der Waals surface area contributed by atoms with Gasteiger partial charge in [-0.2, -0.15) is 13.2 Å². The molecule has 2 amide bonds. The lowest BCUT2D eigenvalue weighted by atomic mass is 10.2. The van der Waals surface area contributed by atoms with Gasteiger partial charge in [-0.15, -0.1) is 0 Å². The molecule has 0 fully saturated rings. The molecule has 3 N–H and O–H groups in total. The van der Waals surface area contributed by atoms with Gasteiger partial charge in [0.05, 0.1) is 16.6 Å². The molecule has 0 unspecified atom stereocenters. The lowest BCUT2D eigenvalue weighted by Crippen LogP contribution is -2.18. The number of aromatic nitrogens is 3. The summed E-state index contributed by atoms with van der Waals surface area (Å²) in [5.74, 6) is -0.231. The van der Waals surface area contributed by atoms with E-state index in [2.05, 4.69) is 25.6 Å². The van der Waals surface area contributed by atoms with Crippen molar-refractivity contribution in [1.82, 2.24) is 20.3 Å². The van der Waals surface area contributed by atoms with E-state index in [4.69, 9.17) is 4.74 Å². The molecule has 4 rings (SSSR count). The summed E-state index contributed by atoms with van der Waals surface area (Å²) in [5.41, 5.74) is 0.120. The van der Waals surface area contributed by atoms with Crippen molar-refractivity contribution < 1.29 is 27.5 Å². The molecule has 0 aliphatic rings. The van der Waals surface area contributed by atoms with Crippen molar-refractivity contribution >= 4 is 28.5 Å². The Kier molecular flexibility index (Phi) is 5.69. The van der Waals surface area contributed by atoms with Crippen molar-refractivity contribution in [1.29, 1.82) is 0 Å². The van der Waals surface area contributed by atoms with Crippen LogP contribution in [-0.2, 0) is 6.18 Å². The molecule has 8 nitrogen and oxygen atoms in total. The minimum Gasteiger partial charge on any atom is -0.457 e. The van der Waals surface area contributed by atoms with Gasteiger partial charge in [-0.05, 0) is 48.5 Å². The van der Waals surface area contributed by atoms with Crippen molar-refractivity contribution in [2.75, 3.05) is 12.4 Å². The highest BCUT2D eigenvalue weighted by Crippen LogP contribution is 2.31. The molecule has 2 aromatic carbocycles. The Morgan fingerprint density at radius 2 is 1.73 bits per heavy atom. The van der Waals surface area contributed by atoms with Gasteiger partial charge in [-0.3, -0.25) is 14.6 Å². The number of hydrogen-bond acceptors (Lipinski definition) is 5. The number of alkyl halides is 3. The Morgan fingerprint density at radius 3 is 2.42 bits per heavy atom. The van der Waals surface area contributed by atoms with Gasteiger partial charge in [-0.25, -0.2) is 4.98 Å². The standard InChI is InChI=1S/C22H16F3N5O3/c1-26-20(31)18-11-15(8-9-27-18)33-14-5-3-13(4-6-14)28-21(32)19-29-16-7-2-12(22(23,24)25)10-17(16)30-19/h2-11H,1H3,(H,26,31)(H,28,32)(H,29,30). The largest absolute Gasteiger partial charge is 0.457 e. The monoisotopic (exact) mass is 455 g/mol. The number of H-pyrrole nitrogens is 1. The van der Waals surface area contributed by atoms with E-state index in [1.165, 1.54) is 25.4 Å². The summed E-state index contributed by atoms with van der Waals surface area (Å²) >= 11 is 0. The number of fused-ring (bicyclic) bond motifs is 1. The van der Waals surface area contributed by atoms with Gasteiger partial charge < -0.3 is 20.4 Å². The zero-order valence-corrected chi connectivity index (χ0v) is 17.0. The number of nitrogens with zero attached hydrogens (tertiary/aromatic N) is 2. The minimum absolute atomic E-state index is 0.0344. The molecule has 168 valence electrons. The second-order valence-corrected chi connectivity index (χ2v) is 6.85. The van der Waals surface area contributed by atoms with E-state index in [-0.39, 0.29) is 22.9 Å². The SMILES string of the molecule is CNC(=O)c1cc(Oc2ccc(NC(=O)c3nc4cc(C(F)(F)F)ccc4[nH]3)cc2)ccn1. The number of rotatable bonds is 5. The van der Waals surface area contributed by atoms with E-state index >= 15 is 0 Å². The molecule has 0 radical (unpaired) electrons. The molecular weight excluding hydrogens is 439 g/mol. The van der Waals surface area contributed by atoms with Crippen LogP contribution in [0.25, 0.3) is 11.0 Å². The molecule has 33 heavy (non-hydrogen) atoms. The van der Waals surface area contributed by atoms with Crippen LogP contribution in [0, 0.1) is 0 Å². The van der Waals surface area contributed by atoms with Crippen LogP contribution in [-0.4, -0.2) is 33.8 Å². The first-order chi connectivity index (χ1) is 15.7. The number of halogens is 3. The second kappa shape index (κ2) is 8.61. The Bertz CT molecular complexity index is 1330. The number of aromatic amines is 1. The third-order valence-corrected chi connectivity index (χ3v) is 4.56. The van der Waals surface area contributed by atoms with Crippen LogP contribution < -0.4 is 15.4 Å². The molecule has 0 saturated carbocycles. The lowest BCUT2D eigenvalue weighted by Gasteiger charge is -2.08. The summed E-state index contributed by atoms with van der Waals surface area (Å²) in [6.07, 6.45) is -3.06. The average molecular weight is 455 g/mol. The average Bonchev–Trinajstić information content (AvgIpc) is 3.23. The minimum atomic E-state index is -4.50. The van der Waals surface area contributed by atoms with Crippen LogP contribution in [0.4, 0.5) is 18.9 Å². The number of nitrogens with one attached hydrogen (secondary N) is 3. The highest BCUT2D eigenvalue weighted by Gasteiger charge is 2.31. The summed E-state index contributed by atoms with van der Waals surface area (Å²) in [6.45, 7) is 0. The van der Waals surface area contributed by atoms with Crippen molar-refractivity contribution in [2.24, 2.45) is 0 Å². The van der Waals surface area contributed by atoms with Crippen LogP contribution in [0.1, 0.15) is 26.7 Å². The van der Waals surface area contributed by atoms with Crippen molar-refractivity contribution in [3.63, 3.8) is 0 Å². The fourth-order valence-corrected chi connectivity index (χ4v) is 2.95. The third kappa shape index (κ3) is 4.92. The first kappa shape index (κ1) is 21.8. The molecule has 0 aliphatic heterocycles. The summed E-state index contributed by atoms with van der Waals surface area (Å²) in [6, 6.07) is 12.5. The van der Waals surface area contributed by atoms with Gasteiger partial charge in [0.25, 0.3) is 11.8 Å². The number of imidazole rings is 1. The summed E-state index contributed by atoms with van der Waals surface area (Å²) < 4.78 is 44.3. The Balaban J connectivity index is 1.45. The molecule has 0 spiro atoms. The van der Waals surface area contributed by atoms with Crippen molar-refractivity contribution in [3.05, 3.63) is 77.9 Å². The van der Waals surface area contributed by atoms with E-state index in [0.717, 1.165) is 12.1 Å². The maximum atomic E-state index is 12.9. The predicted molar refractivity (Wildman–Crippen MR) is 113 cm³/mol. The van der Waals surface area contributed by atoms with Gasteiger partial charge in [0.15, 0.2) is 5.82 Å². The summed E-state index contributed by atoms with van der Waals surface area (Å²) in [4.78, 5) is 34.8. The highest BCUT2D eigenvalue weighted by atomic mass is 19.4. The van der Waals surface area contributed by atoms with Crippen LogP contribution >= 0.6 is 0 Å². The molecule has 2 aromatic heterocycles. The number of anilines is 1. The van der Waals surface area contributed by atoms with Gasteiger partial charge in [0, 0.05) is 25.0 Å². The van der Waals surface area contributed by atoms with Crippen molar-refractivity contribution in [2.45, 2.75) is 6.18 Å². The molecule has 0 bridgehead atoms. The topological polar surface area (TPSA) is 109 Å². The zero-order valence-electron chi connectivity index (χ0n) is 17.0. The van der Waals surface area contributed by atoms with E-state index in [9.17, 15) is 22.8 Å². The van der Waals surface area contributed by atoms with Crippen LogP contribution in [0.15, 0.2) is 60.8 Å². The summed E-state index contributed by atoms with van der Waals surface area (Å²) in [7, 11) is 1.50. The number of carbonyl (C=O) groups excluding carboxylic acids is 2. The zero-order chi connectivity index (χ0) is 23.6. The number of carbonyl (C=O) groups is 2. The van der Waals surface area contributed by atoms with Crippen LogP contribution in [0.2, 0.25) is 0 Å². The van der Waals surface area contributed by atoms with Gasteiger partial charge in [-0.1, -0.05) is 0 Å². The molecule has 11 heteroatoms. The number of benzene rings is 2. The summed E-state index contributed by atoms with van der Waals surface area (Å²) in [5, 5.41) is 5.09. The first-order valence-electron chi connectivity index (χ1n) is 9.57. The predicted octanol–water partition coefficient (Wildman–Crippen LogP) is 4.38.